The third-order valence-electron chi connectivity index (χ3n) is 3.81. The van der Waals surface area contributed by atoms with E-state index in [4.69, 9.17) is 0 Å². The van der Waals surface area contributed by atoms with Crippen LogP contribution in [0.4, 0.5) is 24.9 Å². The summed E-state index contributed by atoms with van der Waals surface area (Å²) in [5, 5.41) is 11.0. The second kappa shape index (κ2) is 5.91. The Bertz CT molecular complexity index is 734. The first-order valence-corrected chi connectivity index (χ1v) is 7.51. The van der Waals surface area contributed by atoms with Crippen LogP contribution in [0.1, 0.15) is 36.1 Å². The van der Waals surface area contributed by atoms with Gasteiger partial charge >= 0.3 is 6.18 Å². The number of nitrogens with one attached hydrogen (secondary N) is 1. The first-order chi connectivity index (χ1) is 11.3. The molecule has 0 saturated heterocycles. The van der Waals surface area contributed by atoms with Gasteiger partial charge in [0, 0.05) is 33.1 Å². The Kier molecular flexibility index (Phi) is 4.06. The molecule has 2 heterocycles. The van der Waals surface area contributed by atoms with Crippen molar-refractivity contribution in [2.24, 2.45) is 7.05 Å². The van der Waals surface area contributed by atoms with Crippen LogP contribution in [0, 0.1) is 0 Å². The largest absolute Gasteiger partial charge is 0.433 e. The molecule has 2 aromatic rings. The molecule has 1 aliphatic rings. The Morgan fingerprint density at radius 2 is 1.96 bits per heavy atom. The lowest BCUT2D eigenvalue weighted by Crippen LogP contribution is -2.18. The second-order valence-corrected chi connectivity index (χ2v) is 5.99. The molecule has 24 heavy (non-hydrogen) atoms. The summed E-state index contributed by atoms with van der Waals surface area (Å²) in [4.78, 5) is 9.14. The van der Waals surface area contributed by atoms with Gasteiger partial charge in [0.1, 0.15) is 11.6 Å². The molecule has 130 valence electrons. The van der Waals surface area contributed by atoms with Gasteiger partial charge in [0.15, 0.2) is 11.5 Å². The highest BCUT2D eigenvalue weighted by Gasteiger charge is 2.34. The highest BCUT2D eigenvalue weighted by Crippen LogP contribution is 2.38. The minimum absolute atomic E-state index is 0.0931. The maximum Gasteiger partial charge on any atom is 0.433 e. The van der Waals surface area contributed by atoms with Crippen molar-refractivity contribution in [3.05, 3.63) is 23.4 Å². The van der Waals surface area contributed by atoms with Crippen LogP contribution in [0.3, 0.4) is 0 Å². The van der Waals surface area contributed by atoms with E-state index in [1.165, 1.54) is 4.90 Å². The topological polar surface area (TPSA) is 71.8 Å². The molecule has 7 nitrogen and oxygen atoms in total. The number of aromatic nitrogens is 5. The van der Waals surface area contributed by atoms with E-state index in [2.05, 4.69) is 25.5 Å². The summed E-state index contributed by atoms with van der Waals surface area (Å²) in [6.45, 7) is 0.199. The quantitative estimate of drug-likeness (QED) is 0.899. The lowest BCUT2D eigenvalue weighted by molar-refractivity contribution is -0.141. The molecule has 0 unspecified atom stereocenters. The zero-order valence-corrected chi connectivity index (χ0v) is 13.6. The number of anilines is 2. The lowest BCUT2D eigenvalue weighted by atomic mass is 10.3. The van der Waals surface area contributed by atoms with E-state index in [0.29, 0.717) is 11.7 Å². The van der Waals surface area contributed by atoms with Crippen molar-refractivity contribution in [2.45, 2.75) is 31.5 Å². The molecule has 0 radical (unpaired) electrons. The van der Waals surface area contributed by atoms with Gasteiger partial charge in [-0.2, -0.15) is 18.2 Å². The second-order valence-electron chi connectivity index (χ2n) is 5.99. The molecule has 0 bridgehead atoms. The van der Waals surface area contributed by atoms with Crippen LogP contribution in [0.15, 0.2) is 6.07 Å². The summed E-state index contributed by atoms with van der Waals surface area (Å²) in [5.74, 6) is 2.07. The van der Waals surface area contributed by atoms with Gasteiger partial charge in [-0.3, -0.25) is 0 Å². The minimum Gasteiger partial charge on any atom is -0.363 e. The molecule has 0 spiro atoms. The predicted molar refractivity (Wildman–Crippen MR) is 81.7 cm³/mol. The monoisotopic (exact) mass is 341 g/mol. The summed E-state index contributed by atoms with van der Waals surface area (Å²) in [6, 6.07) is 0.915. The van der Waals surface area contributed by atoms with Crippen molar-refractivity contribution in [1.82, 2.24) is 24.7 Å². The van der Waals surface area contributed by atoms with Crippen LogP contribution in [-0.4, -0.2) is 38.8 Å². The van der Waals surface area contributed by atoms with Crippen LogP contribution in [0.5, 0.6) is 0 Å². The Balaban J connectivity index is 1.80. The van der Waals surface area contributed by atoms with E-state index >= 15 is 0 Å². The van der Waals surface area contributed by atoms with Crippen molar-refractivity contribution >= 4 is 11.8 Å². The fourth-order valence-electron chi connectivity index (χ4n) is 2.27. The smallest absolute Gasteiger partial charge is 0.363 e. The van der Waals surface area contributed by atoms with Gasteiger partial charge in [-0.15, -0.1) is 10.2 Å². The SMILES string of the molecule is CN(C)c1cc(C(F)(F)F)nc(NCc2nnc(C3CC3)n2C)n1. The Morgan fingerprint density at radius 3 is 2.54 bits per heavy atom. The standard InChI is InChI=1S/C14H18F3N7/c1-23(2)10-6-9(14(15,16)17)19-13(20-10)18-7-11-21-22-12(24(11)3)8-4-5-8/h6,8H,4-5,7H2,1-3H3,(H,18,19,20). The van der Waals surface area contributed by atoms with Crippen molar-refractivity contribution in [3.63, 3.8) is 0 Å². The number of alkyl halides is 3. The predicted octanol–water partition coefficient (Wildman–Crippen LogP) is 2.18. The van der Waals surface area contributed by atoms with Gasteiger partial charge in [0.05, 0.1) is 6.54 Å². The third-order valence-corrected chi connectivity index (χ3v) is 3.81. The molecule has 1 saturated carbocycles. The Labute approximate surface area is 136 Å². The van der Waals surface area contributed by atoms with Crippen LogP contribution in [0.25, 0.3) is 0 Å². The summed E-state index contributed by atoms with van der Waals surface area (Å²) in [7, 11) is 5.09. The molecule has 1 aliphatic carbocycles. The van der Waals surface area contributed by atoms with Gasteiger partial charge < -0.3 is 14.8 Å². The van der Waals surface area contributed by atoms with Gasteiger partial charge in [-0.1, -0.05) is 0 Å². The van der Waals surface area contributed by atoms with Gasteiger partial charge in [0.25, 0.3) is 0 Å². The summed E-state index contributed by atoms with van der Waals surface area (Å²) in [5.41, 5.74) is -0.986. The summed E-state index contributed by atoms with van der Waals surface area (Å²) < 4.78 is 40.8. The number of rotatable bonds is 5. The minimum atomic E-state index is -4.53. The molecule has 10 heteroatoms. The average molecular weight is 341 g/mol. The fourth-order valence-corrected chi connectivity index (χ4v) is 2.27. The number of hydrogen-bond acceptors (Lipinski definition) is 6. The number of nitrogens with zero attached hydrogens (tertiary/aromatic N) is 6. The van der Waals surface area contributed by atoms with E-state index in [1.807, 2.05) is 11.6 Å². The number of halogens is 3. The number of hydrogen-bond donors (Lipinski definition) is 1. The van der Waals surface area contributed by atoms with Crippen LogP contribution >= 0.6 is 0 Å². The Hall–Kier alpha value is -2.39. The average Bonchev–Trinajstić information content (AvgIpc) is 3.28. The van der Waals surface area contributed by atoms with Crippen molar-refractivity contribution in [1.29, 1.82) is 0 Å². The van der Waals surface area contributed by atoms with Crippen molar-refractivity contribution < 1.29 is 13.2 Å². The zero-order valence-electron chi connectivity index (χ0n) is 13.6. The third kappa shape index (κ3) is 3.41. The van der Waals surface area contributed by atoms with E-state index in [0.717, 1.165) is 24.7 Å². The molecule has 0 aliphatic heterocycles. The normalized spacial score (nSPS) is 14.8. The van der Waals surface area contributed by atoms with Crippen LogP contribution in [-0.2, 0) is 19.8 Å². The first-order valence-electron chi connectivity index (χ1n) is 7.51. The lowest BCUT2D eigenvalue weighted by Gasteiger charge is -2.15. The van der Waals surface area contributed by atoms with Gasteiger partial charge in [0.2, 0.25) is 5.95 Å². The van der Waals surface area contributed by atoms with E-state index < -0.39 is 11.9 Å². The van der Waals surface area contributed by atoms with Crippen molar-refractivity contribution in [2.75, 3.05) is 24.3 Å². The molecule has 0 amide bonds. The van der Waals surface area contributed by atoms with Gasteiger partial charge in [-0.05, 0) is 12.8 Å². The van der Waals surface area contributed by atoms with Gasteiger partial charge in [-0.25, -0.2) is 4.98 Å². The van der Waals surface area contributed by atoms with E-state index in [9.17, 15) is 13.2 Å². The van der Waals surface area contributed by atoms with Crippen LogP contribution in [0.2, 0.25) is 0 Å². The van der Waals surface area contributed by atoms with E-state index in [1.54, 1.807) is 14.1 Å². The molecule has 0 aromatic carbocycles. The molecule has 3 rings (SSSR count). The molecule has 1 N–H and O–H groups in total. The highest BCUT2D eigenvalue weighted by atomic mass is 19.4. The summed E-state index contributed by atoms with van der Waals surface area (Å²) in [6.07, 6.45) is -2.33. The van der Waals surface area contributed by atoms with E-state index in [-0.39, 0.29) is 18.3 Å². The summed E-state index contributed by atoms with van der Waals surface area (Å²) >= 11 is 0. The first kappa shape index (κ1) is 16.5. The fraction of sp³-hybridized carbons (Fsp3) is 0.571. The van der Waals surface area contributed by atoms with Crippen molar-refractivity contribution in [3.8, 4) is 0 Å². The maximum atomic E-state index is 13.0. The van der Waals surface area contributed by atoms with Crippen LogP contribution < -0.4 is 10.2 Å². The zero-order chi connectivity index (χ0) is 17.5. The molecule has 0 atom stereocenters. The Morgan fingerprint density at radius 1 is 1.25 bits per heavy atom. The molecular formula is C14H18F3N7. The molecule has 1 fully saturated rings. The molecule has 2 aromatic heterocycles. The molecular weight excluding hydrogens is 323 g/mol. The highest BCUT2D eigenvalue weighted by molar-refractivity contribution is 5.44. The maximum absolute atomic E-state index is 13.0.